The van der Waals surface area contributed by atoms with E-state index < -0.39 is 11.7 Å². The van der Waals surface area contributed by atoms with E-state index in [0.717, 1.165) is 23.7 Å². The number of halogens is 3. The van der Waals surface area contributed by atoms with Crippen LogP contribution >= 0.6 is 11.5 Å². The summed E-state index contributed by atoms with van der Waals surface area (Å²) in [5.74, 6) is -0.261. The number of ketones is 1. The van der Waals surface area contributed by atoms with Gasteiger partial charge >= 0.3 is 6.18 Å². The zero-order chi connectivity index (χ0) is 13.2. The molecular weight excluding hydrogens is 265 g/mol. The maximum absolute atomic E-state index is 12.3. The molecule has 3 nitrogen and oxygen atoms in total. The molecule has 0 fully saturated rings. The number of alkyl halides is 3. The lowest BCUT2D eigenvalue weighted by Gasteiger charge is -2.06. The van der Waals surface area contributed by atoms with Crippen molar-refractivity contribution in [1.82, 2.24) is 9.59 Å². The number of rotatable bonds is 3. The zero-order valence-electron chi connectivity index (χ0n) is 8.94. The highest BCUT2D eigenvalue weighted by molar-refractivity contribution is 7.03. The second-order valence-corrected chi connectivity index (χ2v) is 4.19. The second-order valence-electron chi connectivity index (χ2n) is 3.58. The lowest BCUT2D eigenvalue weighted by Crippen LogP contribution is -2.07. The van der Waals surface area contributed by atoms with Gasteiger partial charge in [-0.05, 0) is 29.2 Å². The molecule has 0 aliphatic rings. The van der Waals surface area contributed by atoms with Crippen molar-refractivity contribution in [3.05, 3.63) is 46.5 Å². The molecule has 94 valence electrons. The predicted molar refractivity (Wildman–Crippen MR) is 59.4 cm³/mol. The summed E-state index contributed by atoms with van der Waals surface area (Å²) in [6, 6.07) is 4.50. The van der Waals surface area contributed by atoms with Gasteiger partial charge in [-0.1, -0.05) is 16.6 Å². The van der Waals surface area contributed by atoms with Crippen LogP contribution in [-0.4, -0.2) is 15.4 Å². The number of Topliss-reactive ketones (excluding diaryl/α,β-unsaturated/α-hetero) is 1. The van der Waals surface area contributed by atoms with Crippen molar-refractivity contribution in [2.24, 2.45) is 0 Å². The highest BCUT2D eigenvalue weighted by Crippen LogP contribution is 2.29. The van der Waals surface area contributed by atoms with Crippen LogP contribution in [0.5, 0.6) is 0 Å². The first-order valence-electron chi connectivity index (χ1n) is 4.93. The van der Waals surface area contributed by atoms with Crippen molar-refractivity contribution in [1.29, 1.82) is 0 Å². The van der Waals surface area contributed by atoms with Crippen LogP contribution < -0.4 is 0 Å². The van der Waals surface area contributed by atoms with Gasteiger partial charge in [0.25, 0.3) is 0 Å². The second kappa shape index (κ2) is 4.85. The van der Waals surface area contributed by atoms with Gasteiger partial charge in [-0.25, -0.2) is 0 Å². The summed E-state index contributed by atoms with van der Waals surface area (Å²) >= 11 is 1.05. The molecule has 18 heavy (non-hydrogen) atoms. The highest BCUT2D eigenvalue weighted by atomic mass is 32.1. The molecule has 0 saturated carbocycles. The van der Waals surface area contributed by atoms with Crippen LogP contribution in [0.15, 0.2) is 29.6 Å². The minimum Gasteiger partial charge on any atom is -0.292 e. The smallest absolute Gasteiger partial charge is 0.292 e. The maximum Gasteiger partial charge on any atom is 0.416 e. The summed E-state index contributed by atoms with van der Waals surface area (Å²) in [4.78, 5) is 11.6. The molecule has 1 aromatic carbocycles. The van der Waals surface area contributed by atoms with Crippen LogP contribution in [0, 0.1) is 0 Å². The summed E-state index contributed by atoms with van der Waals surface area (Å²) < 4.78 is 40.5. The van der Waals surface area contributed by atoms with Crippen molar-refractivity contribution in [2.45, 2.75) is 12.6 Å². The number of nitrogens with zero attached hydrogens (tertiary/aromatic N) is 2. The highest BCUT2D eigenvalue weighted by Gasteiger charge is 2.29. The Hall–Kier alpha value is -1.76. The molecule has 2 aromatic rings. The number of carbonyl (C=O) groups is 1. The minimum absolute atomic E-state index is 0.0174. The molecule has 0 unspecified atom stereocenters. The van der Waals surface area contributed by atoms with Crippen molar-refractivity contribution in [2.75, 3.05) is 0 Å². The van der Waals surface area contributed by atoms with Crippen LogP contribution in [0.2, 0.25) is 0 Å². The van der Waals surface area contributed by atoms with Crippen molar-refractivity contribution in [3.63, 3.8) is 0 Å². The Morgan fingerprint density at radius 2 is 1.89 bits per heavy atom. The Morgan fingerprint density at radius 3 is 2.39 bits per heavy atom. The zero-order valence-corrected chi connectivity index (χ0v) is 9.76. The van der Waals surface area contributed by atoms with Gasteiger partial charge < -0.3 is 0 Å². The number of hydrogen-bond donors (Lipinski definition) is 0. The fourth-order valence-corrected chi connectivity index (χ4v) is 1.83. The van der Waals surface area contributed by atoms with Gasteiger partial charge in [0, 0.05) is 11.8 Å². The lowest BCUT2D eigenvalue weighted by molar-refractivity contribution is -0.137. The maximum atomic E-state index is 12.3. The first kappa shape index (κ1) is 12.7. The van der Waals surface area contributed by atoms with Crippen molar-refractivity contribution >= 4 is 17.3 Å². The van der Waals surface area contributed by atoms with Gasteiger partial charge in [0.05, 0.1) is 5.56 Å². The van der Waals surface area contributed by atoms with E-state index in [0.29, 0.717) is 5.56 Å². The van der Waals surface area contributed by atoms with E-state index in [1.54, 1.807) is 0 Å². The summed E-state index contributed by atoms with van der Waals surface area (Å²) in [7, 11) is 0. The molecule has 0 saturated heterocycles. The molecule has 0 radical (unpaired) electrons. The van der Waals surface area contributed by atoms with Crippen molar-refractivity contribution < 1.29 is 18.0 Å². The Bertz CT molecular complexity index is 534. The average Bonchev–Trinajstić information content (AvgIpc) is 2.82. The van der Waals surface area contributed by atoms with Crippen molar-refractivity contribution in [3.8, 4) is 0 Å². The monoisotopic (exact) mass is 272 g/mol. The van der Waals surface area contributed by atoms with Gasteiger partial charge in [0.15, 0.2) is 5.78 Å². The van der Waals surface area contributed by atoms with E-state index in [4.69, 9.17) is 0 Å². The Kier molecular flexibility index (Phi) is 3.42. The third kappa shape index (κ3) is 2.92. The molecule has 1 heterocycles. The third-order valence-corrected chi connectivity index (χ3v) is 2.80. The normalized spacial score (nSPS) is 11.5. The lowest BCUT2D eigenvalue weighted by atomic mass is 10.1. The Balaban J connectivity index is 2.09. The first-order chi connectivity index (χ1) is 8.47. The van der Waals surface area contributed by atoms with E-state index >= 15 is 0 Å². The predicted octanol–water partition coefficient (Wildman–Crippen LogP) is 2.98. The van der Waals surface area contributed by atoms with E-state index in [1.165, 1.54) is 17.5 Å². The largest absolute Gasteiger partial charge is 0.416 e. The molecule has 0 aliphatic carbocycles. The molecule has 2 rings (SSSR count). The van der Waals surface area contributed by atoms with E-state index in [2.05, 4.69) is 9.59 Å². The fourth-order valence-electron chi connectivity index (χ4n) is 1.37. The standard InChI is InChI=1S/C11H7F3N2OS/c12-11(13,14)8-3-1-7(2-4-8)5-10(17)9-6-18-16-15-9/h1-4,6H,5H2. The molecule has 0 aliphatic heterocycles. The van der Waals surface area contributed by atoms with Gasteiger partial charge in [0.1, 0.15) is 5.69 Å². The summed E-state index contributed by atoms with van der Waals surface area (Å²) in [6.45, 7) is 0. The third-order valence-electron chi connectivity index (χ3n) is 2.29. The summed E-state index contributed by atoms with van der Waals surface area (Å²) in [5.41, 5.74) is 0.0231. The van der Waals surface area contributed by atoms with Crippen LogP contribution in [0.3, 0.4) is 0 Å². The van der Waals surface area contributed by atoms with Gasteiger partial charge in [-0.2, -0.15) is 13.2 Å². The summed E-state index contributed by atoms with van der Waals surface area (Å²) in [5, 5.41) is 5.11. The van der Waals surface area contributed by atoms with Crippen LogP contribution in [0.4, 0.5) is 13.2 Å². The quantitative estimate of drug-likeness (QED) is 0.807. The number of aromatic nitrogens is 2. The van der Waals surface area contributed by atoms with E-state index in [-0.39, 0.29) is 17.9 Å². The molecule has 1 aromatic heterocycles. The van der Waals surface area contributed by atoms with Gasteiger partial charge in [0.2, 0.25) is 0 Å². The molecule has 0 spiro atoms. The molecule has 0 atom stereocenters. The van der Waals surface area contributed by atoms with Crippen LogP contribution in [0.25, 0.3) is 0 Å². The van der Waals surface area contributed by atoms with E-state index in [1.807, 2.05) is 0 Å². The average molecular weight is 272 g/mol. The van der Waals surface area contributed by atoms with Crippen LogP contribution in [0.1, 0.15) is 21.6 Å². The molecular formula is C11H7F3N2OS. The number of hydrogen-bond acceptors (Lipinski definition) is 4. The van der Waals surface area contributed by atoms with Gasteiger partial charge in [-0.15, -0.1) is 5.10 Å². The number of carbonyl (C=O) groups excluding carboxylic acids is 1. The van der Waals surface area contributed by atoms with Gasteiger partial charge in [-0.3, -0.25) is 4.79 Å². The fraction of sp³-hybridized carbons (Fsp3) is 0.182. The Morgan fingerprint density at radius 1 is 1.22 bits per heavy atom. The molecule has 0 N–H and O–H groups in total. The minimum atomic E-state index is -4.36. The summed E-state index contributed by atoms with van der Waals surface area (Å²) in [6.07, 6.45) is -4.34. The topological polar surface area (TPSA) is 42.9 Å². The number of benzene rings is 1. The van der Waals surface area contributed by atoms with Crippen LogP contribution in [-0.2, 0) is 12.6 Å². The molecule has 0 amide bonds. The molecule has 0 bridgehead atoms. The SMILES string of the molecule is O=C(Cc1ccc(C(F)(F)F)cc1)c1csnn1. The first-order valence-corrected chi connectivity index (χ1v) is 5.77. The van der Waals surface area contributed by atoms with E-state index in [9.17, 15) is 18.0 Å². The Labute approximate surface area is 104 Å². The molecule has 7 heteroatoms.